The standard InChI is InChI=1S/C30H29FN6O6/c1-3-30(42)19-8-23-27-17(11-36(23)28(40)18(19)13-43-29(30)41)26-21(33-24(39)6-7-37-15(12-38)10-32-35-37)5-4-16-14(2)20(31)9-22(34-27)25(16)26/h8-10,21,38,42H,3-7,11-13H2,1-2H3,(H,33,39)/t21-,30-/m0/s1. The number of esters is 1. The van der Waals surface area contributed by atoms with Crippen LogP contribution in [0.5, 0.6) is 0 Å². The van der Waals surface area contributed by atoms with E-state index in [-0.39, 0.29) is 62.0 Å². The minimum absolute atomic E-state index is 0.0152. The number of nitrogens with zero attached hydrogens (tertiary/aromatic N) is 5. The number of rotatable bonds is 6. The van der Waals surface area contributed by atoms with Crippen molar-refractivity contribution in [1.82, 2.24) is 29.9 Å². The van der Waals surface area contributed by atoms with Crippen molar-refractivity contribution in [1.29, 1.82) is 0 Å². The Morgan fingerprint density at radius 3 is 2.84 bits per heavy atom. The third-order valence-electron chi connectivity index (χ3n) is 9.12. The highest BCUT2D eigenvalue weighted by molar-refractivity contribution is 5.94. The SMILES string of the molecule is CC[C@@]1(O)C(=O)OCc2c1cc1n(c2=O)Cc2c-1nc1cc(F)c(C)c3c1c2[C@@H](NC(=O)CCn1nncc1CO)CC3. The number of aromatic nitrogens is 5. The molecule has 0 saturated heterocycles. The fourth-order valence-electron chi connectivity index (χ4n) is 6.76. The summed E-state index contributed by atoms with van der Waals surface area (Å²) >= 11 is 0. The van der Waals surface area contributed by atoms with Crippen LogP contribution >= 0.6 is 0 Å². The third kappa shape index (κ3) is 3.94. The number of nitrogens with one attached hydrogen (secondary N) is 1. The number of halogens is 1. The van der Waals surface area contributed by atoms with E-state index in [1.165, 1.54) is 16.9 Å². The molecular weight excluding hydrogens is 559 g/mol. The van der Waals surface area contributed by atoms with E-state index in [4.69, 9.17) is 9.72 Å². The van der Waals surface area contributed by atoms with Crippen LogP contribution in [0, 0.1) is 12.7 Å². The van der Waals surface area contributed by atoms with Crippen LogP contribution in [0.2, 0.25) is 0 Å². The summed E-state index contributed by atoms with van der Waals surface area (Å²) in [6, 6.07) is 2.56. The van der Waals surface area contributed by atoms with Gasteiger partial charge in [-0.05, 0) is 48.9 Å². The zero-order valence-electron chi connectivity index (χ0n) is 23.6. The number of hydrogen-bond donors (Lipinski definition) is 3. The van der Waals surface area contributed by atoms with E-state index in [1.807, 2.05) is 0 Å². The number of carbonyl (C=O) groups excluding carboxylic acids is 2. The summed E-state index contributed by atoms with van der Waals surface area (Å²) in [4.78, 5) is 44.4. The first-order valence-corrected chi connectivity index (χ1v) is 14.3. The number of ether oxygens (including phenoxy) is 1. The smallest absolute Gasteiger partial charge is 0.343 e. The van der Waals surface area contributed by atoms with Crippen LogP contribution in [0.25, 0.3) is 22.3 Å². The van der Waals surface area contributed by atoms with E-state index in [9.17, 15) is 24.6 Å². The van der Waals surface area contributed by atoms with Crippen molar-refractivity contribution < 1.29 is 28.9 Å². The summed E-state index contributed by atoms with van der Waals surface area (Å²) in [6.07, 6.45) is 2.59. The second-order valence-electron chi connectivity index (χ2n) is 11.3. The van der Waals surface area contributed by atoms with Crippen LogP contribution in [-0.4, -0.2) is 46.6 Å². The Morgan fingerprint density at radius 1 is 1.26 bits per heavy atom. The van der Waals surface area contributed by atoms with E-state index in [0.29, 0.717) is 41.0 Å². The summed E-state index contributed by atoms with van der Waals surface area (Å²) in [6.45, 7) is 3.27. The molecule has 0 bridgehead atoms. The lowest BCUT2D eigenvalue weighted by Crippen LogP contribution is -2.44. The van der Waals surface area contributed by atoms with Crippen molar-refractivity contribution >= 4 is 22.8 Å². The van der Waals surface area contributed by atoms with E-state index >= 15 is 4.39 Å². The highest BCUT2D eigenvalue weighted by atomic mass is 19.1. The van der Waals surface area contributed by atoms with Crippen molar-refractivity contribution in [2.75, 3.05) is 0 Å². The number of cyclic esters (lactones) is 1. The average molecular weight is 589 g/mol. The van der Waals surface area contributed by atoms with Gasteiger partial charge in [0.05, 0.1) is 60.1 Å². The lowest BCUT2D eigenvalue weighted by atomic mass is 9.81. The van der Waals surface area contributed by atoms with E-state index < -0.39 is 23.2 Å². The summed E-state index contributed by atoms with van der Waals surface area (Å²) in [7, 11) is 0. The molecule has 3 aliphatic rings. The average Bonchev–Trinajstić information content (AvgIpc) is 3.62. The van der Waals surface area contributed by atoms with Crippen LogP contribution in [-0.2, 0) is 52.7 Å². The molecule has 5 heterocycles. The minimum atomic E-state index is -1.97. The van der Waals surface area contributed by atoms with E-state index in [0.717, 1.165) is 22.1 Å². The monoisotopic (exact) mass is 588 g/mol. The maximum Gasteiger partial charge on any atom is 0.343 e. The van der Waals surface area contributed by atoms with Gasteiger partial charge in [0.15, 0.2) is 5.60 Å². The number of carbonyl (C=O) groups is 2. The first-order chi connectivity index (χ1) is 20.7. The maximum absolute atomic E-state index is 15.1. The Labute approximate surface area is 244 Å². The predicted octanol–water partition coefficient (Wildman–Crippen LogP) is 1.80. The maximum atomic E-state index is 15.1. The molecule has 12 nitrogen and oxygen atoms in total. The molecule has 3 aromatic heterocycles. The van der Waals surface area contributed by atoms with Crippen molar-refractivity contribution in [2.45, 2.75) is 77.5 Å². The Kier molecular flexibility index (Phi) is 6.22. The molecule has 0 unspecified atom stereocenters. The Balaban J connectivity index is 1.35. The van der Waals surface area contributed by atoms with Gasteiger partial charge in [0.1, 0.15) is 12.4 Å². The minimum Gasteiger partial charge on any atom is -0.458 e. The summed E-state index contributed by atoms with van der Waals surface area (Å²) in [5.74, 6) is -1.44. The molecular formula is C30H29FN6O6. The number of aryl methyl sites for hydroxylation is 2. The Morgan fingerprint density at radius 2 is 2.07 bits per heavy atom. The summed E-state index contributed by atoms with van der Waals surface area (Å²) < 4.78 is 23.3. The van der Waals surface area contributed by atoms with Crippen LogP contribution < -0.4 is 10.9 Å². The molecule has 2 atom stereocenters. The first kappa shape index (κ1) is 27.3. The van der Waals surface area contributed by atoms with Gasteiger partial charge >= 0.3 is 5.97 Å². The summed E-state index contributed by atoms with van der Waals surface area (Å²) in [5.41, 5.74) is 2.68. The number of fused-ring (bicyclic) bond motifs is 5. The van der Waals surface area contributed by atoms with Crippen molar-refractivity contribution in [3.05, 3.63) is 73.6 Å². The Hall–Kier alpha value is -4.49. The fourth-order valence-corrected chi connectivity index (χ4v) is 6.76. The van der Waals surface area contributed by atoms with Gasteiger partial charge in [-0.15, -0.1) is 5.10 Å². The second-order valence-corrected chi connectivity index (χ2v) is 11.3. The molecule has 1 aromatic carbocycles. The zero-order valence-corrected chi connectivity index (χ0v) is 23.6. The highest BCUT2D eigenvalue weighted by Crippen LogP contribution is 2.45. The number of amides is 1. The van der Waals surface area contributed by atoms with Gasteiger partial charge in [-0.2, -0.15) is 0 Å². The topological polar surface area (TPSA) is 161 Å². The number of benzene rings is 1. The molecule has 0 fully saturated rings. The quantitative estimate of drug-likeness (QED) is 0.251. The first-order valence-electron chi connectivity index (χ1n) is 14.3. The van der Waals surface area contributed by atoms with Crippen molar-refractivity contribution in [2.24, 2.45) is 0 Å². The second kappa shape index (κ2) is 9.78. The molecule has 43 heavy (non-hydrogen) atoms. The number of hydrogen-bond acceptors (Lipinski definition) is 9. The van der Waals surface area contributed by atoms with Crippen molar-refractivity contribution in [3.8, 4) is 11.4 Å². The van der Waals surface area contributed by atoms with Gasteiger partial charge < -0.3 is 24.8 Å². The van der Waals surface area contributed by atoms with Gasteiger partial charge in [-0.25, -0.2) is 18.9 Å². The molecule has 4 aromatic rings. The van der Waals surface area contributed by atoms with Crippen LogP contribution in [0.1, 0.15) is 71.3 Å². The molecule has 7 rings (SSSR count). The molecule has 3 N–H and O–H groups in total. The lowest BCUT2D eigenvalue weighted by molar-refractivity contribution is -0.172. The number of aliphatic hydroxyl groups excluding tert-OH is 1. The van der Waals surface area contributed by atoms with E-state index in [2.05, 4.69) is 15.6 Å². The molecule has 0 radical (unpaired) electrons. The Bertz CT molecular complexity index is 1930. The van der Waals surface area contributed by atoms with Crippen LogP contribution in [0.4, 0.5) is 4.39 Å². The molecule has 222 valence electrons. The van der Waals surface area contributed by atoms with Gasteiger partial charge in [0.25, 0.3) is 5.56 Å². The lowest BCUT2D eigenvalue weighted by Gasteiger charge is -2.31. The van der Waals surface area contributed by atoms with Crippen molar-refractivity contribution in [3.63, 3.8) is 0 Å². The highest BCUT2D eigenvalue weighted by Gasteiger charge is 2.46. The summed E-state index contributed by atoms with van der Waals surface area (Å²) in [5, 5.41) is 32.3. The number of aliphatic hydroxyl groups is 2. The van der Waals surface area contributed by atoms with Gasteiger partial charge in [-0.3, -0.25) is 9.59 Å². The molecule has 13 heteroatoms. The van der Waals surface area contributed by atoms with E-state index in [1.54, 1.807) is 24.5 Å². The molecule has 1 amide bonds. The van der Waals surface area contributed by atoms with Gasteiger partial charge in [0.2, 0.25) is 5.91 Å². The van der Waals surface area contributed by atoms with Crippen LogP contribution in [0.15, 0.2) is 23.1 Å². The third-order valence-corrected chi connectivity index (χ3v) is 9.12. The van der Waals surface area contributed by atoms with Crippen LogP contribution in [0.3, 0.4) is 0 Å². The normalized spacial score (nSPS) is 20.0. The molecule has 0 spiro atoms. The molecule has 1 aliphatic carbocycles. The fraction of sp³-hybridized carbons (Fsp3) is 0.400. The zero-order chi connectivity index (χ0) is 30.2. The molecule has 0 saturated carbocycles. The van der Waals surface area contributed by atoms with Gasteiger partial charge in [0, 0.05) is 29.0 Å². The van der Waals surface area contributed by atoms with Gasteiger partial charge in [-0.1, -0.05) is 12.1 Å². The predicted molar refractivity (Wildman–Crippen MR) is 149 cm³/mol. The largest absolute Gasteiger partial charge is 0.458 e. The molecule has 2 aliphatic heterocycles. The number of pyridine rings is 2.